The number of ether oxygens (including phenoxy) is 4. The van der Waals surface area contributed by atoms with Crippen LogP contribution in [0.4, 0.5) is 0 Å². The normalized spacial score (nSPS) is 10.8. The summed E-state index contributed by atoms with van der Waals surface area (Å²) in [6.07, 6.45) is 5.53. The van der Waals surface area contributed by atoms with Crippen molar-refractivity contribution >= 4 is 40.9 Å². The van der Waals surface area contributed by atoms with E-state index in [1.165, 1.54) is 11.1 Å². The number of fused-ring (bicyclic) bond motifs is 1. The minimum Gasteiger partial charge on any atom is -0.426 e. The molecule has 0 saturated carbocycles. The Morgan fingerprint density at radius 1 is 0.448 bits per heavy atom. The minimum absolute atomic E-state index is 0.0558. The van der Waals surface area contributed by atoms with Crippen LogP contribution in [-0.2, 0) is 35.3 Å². The Balaban J connectivity index is 0.962. The van der Waals surface area contributed by atoms with Gasteiger partial charge in [0.1, 0.15) is 23.0 Å². The number of carbonyl (C=O) groups excluding carboxylic acids is 5. The fourth-order valence-electron chi connectivity index (χ4n) is 6.34. The molecule has 0 fully saturated rings. The molecular formula is C49H44O9. The summed E-state index contributed by atoms with van der Waals surface area (Å²) in [5.74, 6) is -0.592. The second-order valence-electron chi connectivity index (χ2n) is 13.9. The van der Waals surface area contributed by atoms with Crippen LogP contribution < -0.4 is 18.9 Å². The van der Waals surface area contributed by atoms with E-state index in [1.807, 2.05) is 24.3 Å². The van der Waals surface area contributed by atoms with Gasteiger partial charge in [0.15, 0.2) is 6.29 Å². The molecule has 0 aliphatic heterocycles. The molecule has 0 saturated heterocycles. The van der Waals surface area contributed by atoms with Crippen LogP contribution in [0, 0.1) is 0 Å². The molecule has 294 valence electrons. The van der Waals surface area contributed by atoms with Crippen LogP contribution in [-0.4, -0.2) is 30.2 Å². The Bertz CT molecular complexity index is 2380. The van der Waals surface area contributed by atoms with Crippen molar-refractivity contribution in [3.8, 4) is 23.0 Å². The first-order valence-electron chi connectivity index (χ1n) is 19.4. The maximum Gasteiger partial charge on any atom is 0.343 e. The van der Waals surface area contributed by atoms with Gasteiger partial charge in [0.05, 0.1) is 16.7 Å². The van der Waals surface area contributed by atoms with Gasteiger partial charge in [-0.15, -0.1) is 0 Å². The molecule has 9 nitrogen and oxygen atoms in total. The van der Waals surface area contributed by atoms with Gasteiger partial charge in [-0.25, -0.2) is 9.59 Å². The van der Waals surface area contributed by atoms with Gasteiger partial charge in [-0.1, -0.05) is 81.3 Å². The van der Waals surface area contributed by atoms with E-state index in [0.29, 0.717) is 58.3 Å². The van der Waals surface area contributed by atoms with Gasteiger partial charge in [0.25, 0.3) is 0 Å². The third-order valence-electron chi connectivity index (χ3n) is 9.48. The van der Waals surface area contributed by atoms with Gasteiger partial charge in [0.2, 0.25) is 0 Å². The third-order valence-corrected chi connectivity index (χ3v) is 9.48. The van der Waals surface area contributed by atoms with Gasteiger partial charge in [-0.05, 0) is 132 Å². The van der Waals surface area contributed by atoms with Gasteiger partial charge in [-0.2, -0.15) is 0 Å². The highest BCUT2D eigenvalue weighted by Crippen LogP contribution is 2.29. The topological polar surface area (TPSA) is 122 Å². The molecule has 0 spiro atoms. The number of carbonyl (C=O) groups is 5. The molecule has 6 rings (SSSR count). The molecule has 0 bridgehead atoms. The highest BCUT2D eigenvalue weighted by molar-refractivity contribution is 5.95. The summed E-state index contributed by atoms with van der Waals surface area (Å²) >= 11 is 0. The number of aldehydes is 1. The first-order valence-corrected chi connectivity index (χ1v) is 19.4. The van der Waals surface area contributed by atoms with E-state index in [0.717, 1.165) is 36.8 Å². The molecule has 6 aromatic carbocycles. The lowest BCUT2D eigenvalue weighted by Crippen LogP contribution is -2.11. The second kappa shape index (κ2) is 19.8. The lowest BCUT2D eigenvalue weighted by molar-refractivity contribution is -0.135. The van der Waals surface area contributed by atoms with E-state index in [4.69, 9.17) is 18.9 Å². The molecular weight excluding hydrogens is 733 g/mol. The monoisotopic (exact) mass is 776 g/mol. The van der Waals surface area contributed by atoms with Crippen LogP contribution in [0.5, 0.6) is 23.0 Å². The lowest BCUT2D eigenvalue weighted by atomic mass is 10.1. The van der Waals surface area contributed by atoms with Crippen molar-refractivity contribution in [1.29, 1.82) is 0 Å². The van der Waals surface area contributed by atoms with Gasteiger partial charge < -0.3 is 18.9 Å². The fraction of sp³-hybridized carbons (Fsp3) is 0.204. The summed E-state index contributed by atoms with van der Waals surface area (Å²) in [6, 6.07) is 36.9. The highest BCUT2D eigenvalue weighted by Gasteiger charge is 2.15. The van der Waals surface area contributed by atoms with Crippen LogP contribution >= 0.6 is 0 Å². The van der Waals surface area contributed by atoms with Crippen LogP contribution in [0.2, 0.25) is 0 Å². The number of hydrogen-bond acceptors (Lipinski definition) is 9. The van der Waals surface area contributed by atoms with E-state index in [2.05, 4.69) is 13.8 Å². The zero-order valence-electron chi connectivity index (χ0n) is 32.5. The summed E-state index contributed by atoms with van der Waals surface area (Å²) in [6.45, 7) is 4.21. The predicted molar refractivity (Wildman–Crippen MR) is 221 cm³/mol. The molecule has 6 aromatic rings. The maximum absolute atomic E-state index is 12.8. The van der Waals surface area contributed by atoms with Gasteiger partial charge in [-0.3, -0.25) is 14.4 Å². The Morgan fingerprint density at radius 2 is 0.879 bits per heavy atom. The Hall–Kier alpha value is -6.87. The molecule has 58 heavy (non-hydrogen) atoms. The molecule has 0 radical (unpaired) electrons. The Kier molecular flexibility index (Phi) is 13.9. The van der Waals surface area contributed by atoms with Crippen molar-refractivity contribution in [3.05, 3.63) is 166 Å². The Labute approximate surface area is 337 Å². The maximum atomic E-state index is 12.8. The first-order chi connectivity index (χ1) is 28.2. The average Bonchev–Trinajstić information content (AvgIpc) is 3.23. The van der Waals surface area contributed by atoms with Crippen molar-refractivity contribution in [1.82, 2.24) is 0 Å². The summed E-state index contributed by atoms with van der Waals surface area (Å²) in [4.78, 5) is 62.6. The number of benzene rings is 6. The number of esters is 4. The molecule has 0 aliphatic rings. The van der Waals surface area contributed by atoms with Crippen molar-refractivity contribution in [2.45, 2.75) is 65.2 Å². The summed E-state index contributed by atoms with van der Waals surface area (Å²) in [5, 5.41) is 1.31. The second-order valence-corrected chi connectivity index (χ2v) is 13.9. The average molecular weight is 777 g/mol. The Morgan fingerprint density at radius 3 is 1.34 bits per heavy atom. The van der Waals surface area contributed by atoms with E-state index < -0.39 is 23.9 Å². The SMILES string of the molecule is CCCc1ccc(C(=O)Oc2ccc(CCC(=O)Oc3ccc4cc(OC(=O)CCc5ccc(OC(=O)c6ccc(CCC)cc6)cc5)c(C=O)cc4c3)cc2)cc1. The molecule has 0 heterocycles. The van der Waals surface area contributed by atoms with Gasteiger partial charge in [0, 0.05) is 12.8 Å². The molecule has 0 amide bonds. The van der Waals surface area contributed by atoms with Crippen LogP contribution in [0.3, 0.4) is 0 Å². The largest absolute Gasteiger partial charge is 0.426 e. The van der Waals surface area contributed by atoms with E-state index in [1.54, 1.807) is 103 Å². The summed E-state index contributed by atoms with van der Waals surface area (Å²) < 4.78 is 22.2. The van der Waals surface area contributed by atoms with E-state index >= 15 is 0 Å². The first kappa shape index (κ1) is 40.8. The van der Waals surface area contributed by atoms with Crippen LogP contribution in [0.15, 0.2) is 127 Å². The highest BCUT2D eigenvalue weighted by atomic mass is 16.5. The van der Waals surface area contributed by atoms with Crippen molar-refractivity contribution in [2.75, 3.05) is 0 Å². The predicted octanol–water partition coefficient (Wildman–Crippen LogP) is 10.1. The quantitative estimate of drug-likeness (QED) is 0.0506. The number of rotatable bonds is 17. The van der Waals surface area contributed by atoms with E-state index in [9.17, 15) is 24.0 Å². The fourth-order valence-corrected chi connectivity index (χ4v) is 6.34. The molecule has 0 aliphatic carbocycles. The minimum atomic E-state index is -0.515. The van der Waals surface area contributed by atoms with Crippen LogP contribution in [0.25, 0.3) is 10.8 Å². The molecule has 0 N–H and O–H groups in total. The molecule has 9 heteroatoms. The van der Waals surface area contributed by atoms with Crippen molar-refractivity contribution in [2.24, 2.45) is 0 Å². The third kappa shape index (κ3) is 11.4. The summed E-state index contributed by atoms with van der Waals surface area (Å²) in [7, 11) is 0. The molecule has 0 atom stereocenters. The van der Waals surface area contributed by atoms with Crippen molar-refractivity contribution < 1.29 is 42.9 Å². The van der Waals surface area contributed by atoms with E-state index in [-0.39, 0.29) is 24.2 Å². The smallest absolute Gasteiger partial charge is 0.343 e. The zero-order chi connectivity index (χ0) is 40.9. The summed E-state index contributed by atoms with van der Waals surface area (Å²) in [5.41, 5.74) is 5.18. The molecule has 0 unspecified atom stereocenters. The molecule has 0 aromatic heterocycles. The van der Waals surface area contributed by atoms with Gasteiger partial charge >= 0.3 is 23.9 Å². The zero-order valence-corrected chi connectivity index (χ0v) is 32.5. The number of aryl methyl sites for hydroxylation is 4. The standard InChI is InChI=1S/C49H44O9/c1-3-5-33-7-17-37(18-8-33)48(53)56-42-22-11-35(12-23-42)15-27-46(51)55-44-26-21-39-31-45(41(32-50)29-40(39)30-44)58-47(52)28-16-36-13-24-43(25-14-36)57-49(54)38-19-9-34(6-4-2)10-20-38/h7-14,17-26,29-32H,3-6,15-16,27-28H2,1-2H3. The lowest BCUT2D eigenvalue weighted by Gasteiger charge is -2.11. The van der Waals surface area contributed by atoms with Crippen LogP contribution in [0.1, 0.15) is 92.9 Å². The number of hydrogen-bond donors (Lipinski definition) is 0. The van der Waals surface area contributed by atoms with Crippen molar-refractivity contribution in [3.63, 3.8) is 0 Å².